The number of rotatable bonds is 3. The standard InChI is InChI=1S/C19H17ClF3N5O/c20-14-4-6-15(7-5-14)24-17(29)12-2-1-9-27(10-12)18-26-25-16-8-3-13(11-28(16)18)19(21,22)23/h3-8,11-12H,1-2,9-10H2,(H,24,29)/t12-/m0/s1. The average Bonchev–Trinajstić information content (AvgIpc) is 3.12. The number of fused-ring (bicyclic) bond motifs is 1. The van der Waals surface area contributed by atoms with Crippen LogP contribution in [0.4, 0.5) is 24.8 Å². The molecular weight excluding hydrogens is 407 g/mol. The molecule has 1 N–H and O–H groups in total. The summed E-state index contributed by atoms with van der Waals surface area (Å²) in [6, 6.07) is 9.06. The van der Waals surface area contributed by atoms with Crippen LogP contribution in [-0.4, -0.2) is 33.6 Å². The van der Waals surface area contributed by atoms with Gasteiger partial charge in [-0.25, -0.2) is 0 Å². The minimum atomic E-state index is -4.46. The molecule has 2 aromatic heterocycles. The quantitative estimate of drug-likeness (QED) is 0.684. The average molecular weight is 424 g/mol. The lowest BCUT2D eigenvalue weighted by Crippen LogP contribution is -2.41. The van der Waals surface area contributed by atoms with Gasteiger partial charge in [0.05, 0.1) is 11.5 Å². The zero-order valence-corrected chi connectivity index (χ0v) is 15.9. The van der Waals surface area contributed by atoms with Crippen LogP contribution in [-0.2, 0) is 11.0 Å². The van der Waals surface area contributed by atoms with Crippen LogP contribution in [0.2, 0.25) is 5.02 Å². The highest BCUT2D eigenvalue weighted by Gasteiger charge is 2.32. The second-order valence-corrected chi connectivity index (χ2v) is 7.36. The largest absolute Gasteiger partial charge is 0.417 e. The Hall–Kier alpha value is -2.81. The maximum absolute atomic E-state index is 13.1. The third-order valence-corrected chi connectivity index (χ3v) is 5.15. The van der Waals surface area contributed by atoms with Gasteiger partial charge in [0, 0.05) is 30.0 Å². The highest BCUT2D eigenvalue weighted by molar-refractivity contribution is 6.30. The van der Waals surface area contributed by atoms with Gasteiger partial charge in [0.2, 0.25) is 11.9 Å². The topological polar surface area (TPSA) is 62.5 Å². The molecule has 6 nitrogen and oxygen atoms in total. The van der Waals surface area contributed by atoms with Crippen molar-refractivity contribution in [3.8, 4) is 0 Å². The number of hydrogen-bond acceptors (Lipinski definition) is 4. The lowest BCUT2D eigenvalue weighted by Gasteiger charge is -2.32. The molecule has 0 saturated carbocycles. The lowest BCUT2D eigenvalue weighted by atomic mass is 9.97. The summed E-state index contributed by atoms with van der Waals surface area (Å²) >= 11 is 5.86. The molecule has 0 bridgehead atoms. The number of hydrogen-bond donors (Lipinski definition) is 1. The first-order chi connectivity index (χ1) is 13.8. The van der Waals surface area contributed by atoms with E-state index in [2.05, 4.69) is 15.5 Å². The summed E-state index contributed by atoms with van der Waals surface area (Å²) < 4.78 is 40.5. The van der Waals surface area contributed by atoms with Crippen LogP contribution in [0.15, 0.2) is 42.6 Å². The van der Waals surface area contributed by atoms with Gasteiger partial charge >= 0.3 is 6.18 Å². The fourth-order valence-electron chi connectivity index (χ4n) is 3.41. The van der Waals surface area contributed by atoms with Gasteiger partial charge in [-0.15, -0.1) is 10.2 Å². The van der Waals surface area contributed by atoms with Gasteiger partial charge in [-0.3, -0.25) is 9.20 Å². The van der Waals surface area contributed by atoms with Crippen molar-refractivity contribution in [3.63, 3.8) is 0 Å². The summed E-state index contributed by atoms with van der Waals surface area (Å²) in [5.41, 5.74) is 0.181. The number of pyridine rings is 1. The van der Waals surface area contributed by atoms with Crippen molar-refractivity contribution in [2.24, 2.45) is 5.92 Å². The predicted molar refractivity (Wildman–Crippen MR) is 103 cm³/mol. The molecule has 0 radical (unpaired) electrons. The van der Waals surface area contributed by atoms with Crippen LogP contribution < -0.4 is 10.2 Å². The van der Waals surface area contributed by atoms with Crippen LogP contribution >= 0.6 is 11.6 Å². The zero-order valence-electron chi connectivity index (χ0n) is 15.2. The molecule has 1 atom stereocenters. The van der Waals surface area contributed by atoms with E-state index in [0.29, 0.717) is 48.2 Å². The van der Waals surface area contributed by atoms with Crippen LogP contribution in [0.3, 0.4) is 0 Å². The first-order valence-electron chi connectivity index (χ1n) is 9.04. The number of carbonyl (C=O) groups is 1. The molecule has 29 heavy (non-hydrogen) atoms. The van der Waals surface area contributed by atoms with Crippen LogP contribution in [0.5, 0.6) is 0 Å². The van der Waals surface area contributed by atoms with Crippen molar-refractivity contribution in [2.75, 3.05) is 23.3 Å². The molecular formula is C19H17ClF3N5O. The van der Waals surface area contributed by atoms with E-state index in [-0.39, 0.29) is 11.8 Å². The van der Waals surface area contributed by atoms with Gasteiger partial charge in [-0.2, -0.15) is 13.2 Å². The van der Waals surface area contributed by atoms with Crippen LogP contribution in [0.25, 0.3) is 5.65 Å². The third kappa shape index (κ3) is 4.14. The number of halogens is 4. The SMILES string of the molecule is O=C(Nc1ccc(Cl)cc1)[C@H]1CCCN(c2nnc3ccc(C(F)(F)F)cn23)C1. The summed E-state index contributed by atoms with van der Waals surface area (Å²) in [6.07, 6.45) is -2.08. The van der Waals surface area contributed by atoms with Gasteiger partial charge in [-0.05, 0) is 49.2 Å². The molecule has 1 saturated heterocycles. The number of nitrogens with zero attached hydrogens (tertiary/aromatic N) is 4. The molecule has 1 fully saturated rings. The third-order valence-electron chi connectivity index (χ3n) is 4.90. The Balaban J connectivity index is 1.53. The Morgan fingerprint density at radius 3 is 2.62 bits per heavy atom. The number of aromatic nitrogens is 3. The number of alkyl halides is 3. The number of benzene rings is 1. The number of amides is 1. The van der Waals surface area contributed by atoms with E-state index >= 15 is 0 Å². The number of anilines is 2. The number of piperidine rings is 1. The second kappa shape index (κ2) is 7.55. The molecule has 1 amide bonds. The summed E-state index contributed by atoms with van der Waals surface area (Å²) in [4.78, 5) is 14.5. The van der Waals surface area contributed by atoms with Crippen LogP contribution in [0.1, 0.15) is 18.4 Å². The minimum Gasteiger partial charge on any atom is -0.340 e. The molecule has 4 rings (SSSR count). The smallest absolute Gasteiger partial charge is 0.340 e. The van der Waals surface area contributed by atoms with Gasteiger partial charge in [-0.1, -0.05) is 11.6 Å². The second-order valence-electron chi connectivity index (χ2n) is 6.93. The van der Waals surface area contributed by atoms with Crippen molar-refractivity contribution < 1.29 is 18.0 Å². The summed E-state index contributed by atoms with van der Waals surface area (Å²) in [7, 11) is 0. The lowest BCUT2D eigenvalue weighted by molar-refractivity contribution is -0.137. The van der Waals surface area contributed by atoms with Gasteiger partial charge < -0.3 is 10.2 Å². The summed E-state index contributed by atoms with van der Waals surface area (Å²) in [5.74, 6) is -0.172. The Morgan fingerprint density at radius 2 is 1.90 bits per heavy atom. The van der Waals surface area contributed by atoms with Crippen molar-refractivity contribution in [2.45, 2.75) is 19.0 Å². The van der Waals surface area contributed by atoms with Gasteiger partial charge in [0.1, 0.15) is 0 Å². The maximum atomic E-state index is 13.1. The van der Waals surface area contributed by atoms with Gasteiger partial charge in [0.25, 0.3) is 0 Å². The fraction of sp³-hybridized carbons (Fsp3) is 0.316. The molecule has 0 unspecified atom stereocenters. The van der Waals surface area contributed by atoms with Crippen LogP contribution in [0, 0.1) is 5.92 Å². The first-order valence-corrected chi connectivity index (χ1v) is 9.42. The van der Waals surface area contributed by atoms with E-state index in [1.807, 2.05) is 0 Å². The minimum absolute atomic E-state index is 0.151. The maximum Gasteiger partial charge on any atom is 0.417 e. The summed E-state index contributed by atoms with van der Waals surface area (Å²) in [6.45, 7) is 0.929. The van der Waals surface area contributed by atoms with Crippen molar-refractivity contribution in [1.82, 2.24) is 14.6 Å². The molecule has 10 heteroatoms. The van der Waals surface area contributed by atoms with Crippen molar-refractivity contribution in [3.05, 3.63) is 53.2 Å². The normalized spacial score (nSPS) is 17.5. The highest BCUT2D eigenvalue weighted by Crippen LogP contribution is 2.31. The first kappa shape index (κ1) is 19.5. The number of carbonyl (C=O) groups excluding carboxylic acids is 1. The molecule has 1 aliphatic heterocycles. The van der Waals surface area contributed by atoms with E-state index in [0.717, 1.165) is 12.3 Å². The Kier molecular flexibility index (Phi) is 5.08. The molecule has 152 valence electrons. The van der Waals surface area contributed by atoms with E-state index in [9.17, 15) is 18.0 Å². The number of nitrogens with one attached hydrogen (secondary N) is 1. The van der Waals surface area contributed by atoms with E-state index in [4.69, 9.17) is 11.6 Å². The Bertz CT molecular complexity index is 1030. The monoisotopic (exact) mass is 423 g/mol. The molecule has 1 aromatic carbocycles. The Morgan fingerprint density at radius 1 is 1.14 bits per heavy atom. The van der Waals surface area contributed by atoms with Crippen molar-refractivity contribution >= 4 is 34.8 Å². The zero-order chi connectivity index (χ0) is 20.6. The predicted octanol–water partition coefficient (Wildman–Crippen LogP) is 4.26. The molecule has 1 aliphatic rings. The van der Waals surface area contributed by atoms with E-state index in [1.54, 1.807) is 29.2 Å². The molecule has 0 aliphatic carbocycles. The van der Waals surface area contributed by atoms with Crippen molar-refractivity contribution in [1.29, 1.82) is 0 Å². The molecule has 0 spiro atoms. The highest BCUT2D eigenvalue weighted by atomic mass is 35.5. The Labute approximate surface area is 169 Å². The van der Waals surface area contributed by atoms with E-state index < -0.39 is 11.7 Å². The van der Waals surface area contributed by atoms with Gasteiger partial charge in [0.15, 0.2) is 5.65 Å². The van der Waals surface area contributed by atoms with E-state index in [1.165, 1.54) is 10.5 Å². The molecule has 3 aromatic rings. The summed E-state index contributed by atoms with van der Waals surface area (Å²) in [5, 5.41) is 11.4. The molecule has 3 heterocycles. The fourth-order valence-corrected chi connectivity index (χ4v) is 3.54.